The molecule has 1 N–H and O–H groups in total. The van der Waals surface area contributed by atoms with E-state index in [-0.39, 0.29) is 18.5 Å². The maximum Gasteiger partial charge on any atom is 0.573 e. The molecule has 3 heterocycles. The number of benzene rings is 1. The summed E-state index contributed by atoms with van der Waals surface area (Å²) in [5, 5.41) is 11.8. The zero-order valence-electron chi connectivity index (χ0n) is 18.1. The smallest absolute Gasteiger partial charge is 0.406 e. The summed E-state index contributed by atoms with van der Waals surface area (Å²) >= 11 is 6.17. The van der Waals surface area contributed by atoms with Crippen LogP contribution in [0, 0.1) is 0 Å². The molecule has 2 aromatic heterocycles. The predicted molar refractivity (Wildman–Crippen MR) is 117 cm³/mol. The summed E-state index contributed by atoms with van der Waals surface area (Å²) in [4.78, 5) is 6.57. The van der Waals surface area contributed by atoms with Gasteiger partial charge >= 0.3 is 6.36 Å². The van der Waals surface area contributed by atoms with Gasteiger partial charge in [0.05, 0.1) is 29.1 Å². The number of piperidine rings is 1. The number of nitrogens with zero attached hydrogens (tertiary/aromatic N) is 3. The minimum Gasteiger partial charge on any atom is -0.406 e. The number of aromatic nitrogens is 2. The van der Waals surface area contributed by atoms with E-state index in [2.05, 4.69) is 9.72 Å². The van der Waals surface area contributed by atoms with Crippen molar-refractivity contribution < 1.29 is 27.8 Å². The van der Waals surface area contributed by atoms with Gasteiger partial charge in [0, 0.05) is 19.3 Å². The molecule has 10 heteroatoms. The second kappa shape index (κ2) is 9.89. The van der Waals surface area contributed by atoms with E-state index in [1.54, 1.807) is 24.4 Å². The monoisotopic (exact) mass is 483 g/mol. The summed E-state index contributed by atoms with van der Waals surface area (Å²) in [5.41, 5.74) is 2.99. The first-order valence-corrected chi connectivity index (χ1v) is 11.2. The fourth-order valence-electron chi connectivity index (χ4n) is 4.12. The average molecular weight is 484 g/mol. The van der Waals surface area contributed by atoms with E-state index in [1.165, 1.54) is 12.1 Å². The Morgan fingerprint density at radius 2 is 1.97 bits per heavy atom. The number of alkyl halides is 3. The fraction of sp³-hybridized carbons (Fsp3) is 0.435. The minimum atomic E-state index is -4.71. The van der Waals surface area contributed by atoms with Gasteiger partial charge in [-0.1, -0.05) is 30.7 Å². The van der Waals surface area contributed by atoms with Crippen molar-refractivity contribution in [3.8, 4) is 5.75 Å². The molecule has 6 nitrogen and oxygen atoms in total. The second-order valence-electron chi connectivity index (χ2n) is 8.01. The van der Waals surface area contributed by atoms with Crippen LogP contribution in [0.1, 0.15) is 42.9 Å². The van der Waals surface area contributed by atoms with Crippen LogP contribution in [0.5, 0.6) is 5.75 Å². The van der Waals surface area contributed by atoms with Crippen molar-refractivity contribution >= 4 is 17.2 Å². The highest BCUT2D eigenvalue weighted by Gasteiger charge is 2.31. The van der Waals surface area contributed by atoms with Crippen LogP contribution in [0.4, 0.5) is 13.2 Å². The summed E-state index contributed by atoms with van der Waals surface area (Å²) in [6.07, 6.45) is -1.59. The number of rotatable bonds is 7. The van der Waals surface area contributed by atoms with Gasteiger partial charge in [0.25, 0.3) is 0 Å². The Bertz CT molecular complexity index is 1090. The van der Waals surface area contributed by atoms with Crippen LogP contribution in [0.3, 0.4) is 0 Å². The van der Waals surface area contributed by atoms with Gasteiger partial charge in [-0.05, 0) is 49.1 Å². The first-order valence-electron chi connectivity index (χ1n) is 10.8. The van der Waals surface area contributed by atoms with Gasteiger partial charge in [0.1, 0.15) is 11.4 Å². The van der Waals surface area contributed by atoms with Crippen molar-refractivity contribution in [2.45, 2.75) is 51.5 Å². The SMILES string of the molecule is CCc1nc2ccc(Cl)cn2c1C(O)N1CCCC(OCc2ccc(OC(F)(F)F)cc2)C1. The molecule has 1 aliphatic rings. The minimum absolute atomic E-state index is 0.118. The largest absolute Gasteiger partial charge is 0.573 e. The molecule has 2 atom stereocenters. The molecule has 1 aliphatic heterocycles. The molecular weight excluding hydrogens is 459 g/mol. The van der Waals surface area contributed by atoms with Crippen LogP contribution in [-0.4, -0.2) is 44.9 Å². The third-order valence-corrected chi connectivity index (χ3v) is 5.90. The zero-order chi connectivity index (χ0) is 23.6. The van der Waals surface area contributed by atoms with Crippen molar-refractivity contribution in [2.24, 2.45) is 0 Å². The Kier molecular flexibility index (Phi) is 7.13. The van der Waals surface area contributed by atoms with Gasteiger partial charge in [-0.3, -0.25) is 9.30 Å². The standard InChI is InChI=1S/C23H25ClF3N3O3/c1-2-19-21(30-12-16(24)7-10-20(30)28-19)22(31)29-11-3-4-18(13-29)32-14-15-5-8-17(9-6-15)33-23(25,26)27/h5-10,12,18,22,31H,2-4,11,13-14H2,1H3. The number of likely N-dealkylation sites (tertiary alicyclic amines) is 1. The molecular formula is C23H25ClF3N3O3. The average Bonchev–Trinajstić information content (AvgIpc) is 3.15. The Balaban J connectivity index is 1.41. The van der Waals surface area contributed by atoms with Crippen molar-refractivity contribution in [3.63, 3.8) is 0 Å². The summed E-state index contributed by atoms with van der Waals surface area (Å²) in [6, 6.07) is 9.23. The molecule has 0 radical (unpaired) electrons. The maximum atomic E-state index is 12.3. The van der Waals surface area contributed by atoms with Crippen LogP contribution in [0.15, 0.2) is 42.6 Å². The van der Waals surface area contributed by atoms with Gasteiger partial charge in [0.15, 0.2) is 6.23 Å². The van der Waals surface area contributed by atoms with E-state index in [0.29, 0.717) is 30.2 Å². The number of fused-ring (bicyclic) bond motifs is 1. The molecule has 0 aliphatic carbocycles. The highest BCUT2D eigenvalue weighted by atomic mass is 35.5. The van der Waals surface area contributed by atoms with Gasteiger partial charge < -0.3 is 14.6 Å². The number of pyridine rings is 1. The van der Waals surface area contributed by atoms with Gasteiger partial charge in [0.2, 0.25) is 0 Å². The Morgan fingerprint density at radius 3 is 2.67 bits per heavy atom. The lowest BCUT2D eigenvalue weighted by Gasteiger charge is -2.35. The van der Waals surface area contributed by atoms with E-state index in [4.69, 9.17) is 16.3 Å². The normalized spacial score (nSPS) is 18.5. The van der Waals surface area contributed by atoms with Crippen molar-refractivity contribution in [3.05, 3.63) is 64.6 Å². The zero-order valence-corrected chi connectivity index (χ0v) is 18.8. The summed E-state index contributed by atoms with van der Waals surface area (Å²) in [6.45, 7) is 3.48. The van der Waals surface area contributed by atoms with E-state index in [1.807, 2.05) is 22.3 Å². The maximum absolute atomic E-state index is 12.3. The molecule has 178 valence electrons. The molecule has 0 spiro atoms. The Hall–Kier alpha value is -2.33. The first-order chi connectivity index (χ1) is 15.7. The molecule has 1 fully saturated rings. The molecule has 0 amide bonds. The highest BCUT2D eigenvalue weighted by molar-refractivity contribution is 6.30. The van der Waals surface area contributed by atoms with E-state index in [0.717, 1.165) is 29.7 Å². The number of halogens is 4. The number of hydrogen-bond acceptors (Lipinski definition) is 5. The fourth-order valence-corrected chi connectivity index (χ4v) is 4.28. The van der Waals surface area contributed by atoms with Crippen molar-refractivity contribution in [1.82, 2.24) is 14.3 Å². The number of aliphatic hydroxyl groups excluding tert-OH is 1. The van der Waals surface area contributed by atoms with Gasteiger partial charge in [-0.25, -0.2) is 4.98 Å². The van der Waals surface area contributed by atoms with Crippen LogP contribution in [-0.2, 0) is 17.8 Å². The van der Waals surface area contributed by atoms with Crippen LogP contribution < -0.4 is 4.74 Å². The molecule has 1 saturated heterocycles. The number of ether oxygens (including phenoxy) is 2. The number of aliphatic hydroxyl groups is 1. The van der Waals surface area contributed by atoms with E-state index in [9.17, 15) is 18.3 Å². The lowest BCUT2D eigenvalue weighted by Crippen LogP contribution is -2.42. The number of aryl methyl sites for hydroxylation is 1. The molecule has 1 aromatic carbocycles. The predicted octanol–water partition coefficient (Wildman–Crippen LogP) is 5.12. The van der Waals surface area contributed by atoms with E-state index < -0.39 is 12.6 Å². The first kappa shape index (κ1) is 23.8. The molecule has 4 rings (SSSR count). The van der Waals surface area contributed by atoms with Crippen molar-refractivity contribution in [1.29, 1.82) is 0 Å². The summed E-state index contributed by atoms with van der Waals surface area (Å²) in [7, 11) is 0. The Morgan fingerprint density at radius 1 is 1.21 bits per heavy atom. The molecule has 0 bridgehead atoms. The van der Waals surface area contributed by atoms with E-state index >= 15 is 0 Å². The molecule has 33 heavy (non-hydrogen) atoms. The third-order valence-electron chi connectivity index (χ3n) is 5.67. The quantitative estimate of drug-likeness (QED) is 0.505. The van der Waals surface area contributed by atoms with Crippen molar-refractivity contribution in [2.75, 3.05) is 13.1 Å². The lowest BCUT2D eigenvalue weighted by atomic mass is 10.1. The molecule has 3 aromatic rings. The topological polar surface area (TPSA) is 59.2 Å². The lowest BCUT2D eigenvalue weighted by molar-refractivity contribution is -0.274. The third kappa shape index (κ3) is 5.78. The summed E-state index contributed by atoms with van der Waals surface area (Å²) in [5.74, 6) is -0.266. The van der Waals surface area contributed by atoms with Gasteiger partial charge in [-0.2, -0.15) is 0 Å². The van der Waals surface area contributed by atoms with Gasteiger partial charge in [-0.15, -0.1) is 13.2 Å². The number of hydrogen-bond donors (Lipinski definition) is 1. The van der Waals surface area contributed by atoms with Crippen LogP contribution >= 0.6 is 11.6 Å². The summed E-state index contributed by atoms with van der Waals surface area (Å²) < 4.78 is 48.7. The second-order valence-corrected chi connectivity index (χ2v) is 8.44. The van der Waals surface area contributed by atoms with Crippen LogP contribution in [0.25, 0.3) is 5.65 Å². The molecule has 2 unspecified atom stereocenters. The van der Waals surface area contributed by atoms with Crippen LogP contribution in [0.2, 0.25) is 5.02 Å². The number of imidazole rings is 1. The highest BCUT2D eigenvalue weighted by Crippen LogP contribution is 2.29. The Labute approximate surface area is 194 Å². The molecule has 0 saturated carbocycles.